The molecule has 0 aliphatic carbocycles. The Bertz CT molecular complexity index is 698. The molecule has 120 valence electrons. The zero-order valence-electron chi connectivity index (χ0n) is 12.7. The number of hydrogen-bond acceptors (Lipinski definition) is 3. The van der Waals surface area contributed by atoms with Gasteiger partial charge in [-0.2, -0.15) is 0 Å². The summed E-state index contributed by atoms with van der Waals surface area (Å²) in [7, 11) is 0. The van der Waals surface area contributed by atoms with Gasteiger partial charge < -0.3 is 5.11 Å². The maximum absolute atomic E-state index is 12.5. The molecule has 0 unspecified atom stereocenters. The number of benzene rings is 2. The number of Topliss-reactive ketones (excluding diaryl/α,β-unsaturated/α-hetero) is 1. The third-order valence-corrected chi connectivity index (χ3v) is 4.87. The fourth-order valence-electron chi connectivity index (χ4n) is 2.23. The first-order valence-corrected chi connectivity index (χ1v) is 8.57. The molecule has 0 aliphatic rings. The molecule has 0 saturated carbocycles. The number of hydrogen-bond donors (Lipinski definition) is 1. The zero-order chi connectivity index (χ0) is 16.8. The molecular formula is C18H17ClO3S. The summed E-state index contributed by atoms with van der Waals surface area (Å²) in [4.78, 5) is 23.4. The Labute approximate surface area is 144 Å². The molecule has 0 spiro atoms. The van der Waals surface area contributed by atoms with Crippen LogP contribution in [0, 0.1) is 6.92 Å². The summed E-state index contributed by atoms with van der Waals surface area (Å²) < 4.78 is 0. The number of carbonyl (C=O) groups excluding carboxylic acids is 1. The van der Waals surface area contributed by atoms with E-state index >= 15 is 0 Å². The molecule has 3 nitrogen and oxygen atoms in total. The van der Waals surface area contributed by atoms with E-state index in [9.17, 15) is 9.59 Å². The van der Waals surface area contributed by atoms with Gasteiger partial charge in [0.25, 0.3) is 0 Å². The maximum atomic E-state index is 12.5. The summed E-state index contributed by atoms with van der Waals surface area (Å²) in [6.07, 6.45) is 0.253. The lowest BCUT2D eigenvalue weighted by molar-refractivity contribution is -0.133. The average Bonchev–Trinajstić information content (AvgIpc) is 2.52. The van der Waals surface area contributed by atoms with Crippen LogP contribution in [0.25, 0.3) is 0 Å². The molecule has 0 amide bonds. The number of aliphatic carboxylic acids is 1. The van der Waals surface area contributed by atoms with Crippen LogP contribution in [-0.2, 0) is 4.79 Å². The average molecular weight is 349 g/mol. The molecule has 23 heavy (non-hydrogen) atoms. The number of thioether (sulfide) groups is 1. The number of carboxylic acid groups (broad SMARTS) is 1. The first-order valence-electron chi connectivity index (χ1n) is 7.14. The second-order valence-corrected chi connectivity index (χ2v) is 6.87. The summed E-state index contributed by atoms with van der Waals surface area (Å²) in [6, 6.07) is 14.6. The molecule has 1 N–H and O–H groups in total. The molecule has 0 heterocycles. The minimum Gasteiger partial charge on any atom is -0.481 e. The standard InChI is InChI=1S/C18H17ClO3S/c1-12-3-2-4-14(9-12)16(20)10-17(23-11-18(21)22)13-5-7-15(19)8-6-13/h2-9,17H,10-11H2,1H3,(H,21,22)/t17-/m1/s1. The van der Waals surface area contributed by atoms with Crippen molar-refractivity contribution >= 4 is 35.1 Å². The zero-order valence-corrected chi connectivity index (χ0v) is 14.2. The number of halogens is 1. The van der Waals surface area contributed by atoms with E-state index in [0.717, 1.165) is 11.1 Å². The number of aryl methyl sites for hydroxylation is 1. The Morgan fingerprint density at radius 1 is 1.17 bits per heavy atom. The van der Waals surface area contributed by atoms with Crippen molar-refractivity contribution in [3.05, 3.63) is 70.2 Å². The Morgan fingerprint density at radius 3 is 2.48 bits per heavy atom. The molecule has 5 heteroatoms. The van der Waals surface area contributed by atoms with Gasteiger partial charge in [-0.1, -0.05) is 47.5 Å². The predicted molar refractivity (Wildman–Crippen MR) is 94.4 cm³/mol. The van der Waals surface area contributed by atoms with Gasteiger partial charge in [-0.25, -0.2) is 0 Å². The lowest BCUT2D eigenvalue weighted by Crippen LogP contribution is -2.08. The van der Waals surface area contributed by atoms with Crippen LogP contribution in [0.15, 0.2) is 48.5 Å². The molecule has 2 aromatic carbocycles. The van der Waals surface area contributed by atoms with E-state index < -0.39 is 5.97 Å². The van der Waals surface area contributed by atoms with Crippen molar-refractivity contribution in [3.63, 3.8) is 0 Å². The summed E-state index contributed by atoms with van der Waals surface area (Å²) in [6.45, 7) is 1.94. The third-order valence-electron chi connectivity index (χ3n) is 3.36. The van der Waals surface area contributed by atoms with Crippen LogP contribution in [0.5, 0.6) is 0 Å². The minimum absolute atomic E-state index is 0.00605. The quantitative estimate of drug-likeness (QED) is 0.731. The van der Waals surface area contributed by atoms with Crippen molar-refractivity contribution in [3.8, 4) is 0 Å². The monoisotopic (exact) mass is 348 g/mol. The minimum atomic E-state index is -0.892. The lowest BCUT2D eigenvalue weighted by atomic mass is 10.0. The SMILES string of the molecule is Cc1cccc(C(=O)C[C@@H](SCC(=O)O)c2ccc(Cl)cc2)c1. The highest BCUT2D eigenvalue weighted by Gasteiger charge is 2.19. The molecule has 0 fully saturated rings. The van der Waals surface area contributed by atoms with Crippen LogP contribution in [-0.4, -0.2) is 22.6 Å². The largest absolute Gasteiger partial charge is 0.481 e. The van der Waals surface area contributed by atoms with Gasteiger partial charge in [0.2, 0.25) is 0 Å². The molecule has 0 aliphatic heterocycles. The highest BCUT2D eigenvalue weighted by molar-refractivity contribution is 8.00. The third kappa shape index (κ3) is 5.41. The van der Waals surface area contributed by atoms with Crippen LogP contribution >= 0.6 is 23.4 Å². The summed E-state index contributed by atoms with van der Waals surface area (Å²) in [5, 5.41) is 9.31. The van der Waals surface area contributed by atoms with Crippen molar-refractivity contribution in [2.45, 2.75) is 18.6 Å². The number of carboxylic acids is 1. The molecular weight excluding hydrogens is 332 g/mol. The van der Waals surface area contributed by atoms with Crippen LogP contribution < -0.4 is 0 Å². The molecule has 0 aromatic heterocycles. The van der Waals surface area contributed by atoms with Gasteiger partial charge in [0.1, 0.15) is 0 Å². The highest BCUT2D eigenvalue weighted by atomic mass is 35.5. The summed E-state index contributed by atoms with van der Waals surface area (Å²) >= 11 is 7.15. The number of carbonyl (C=O) groups is 2. The Balaban J connectivity index is 2.18. The fourth-order valence-corrected chi connectivity index (χ4v) is 3.32. The normalized spacial score (nSPS) is 11.9. The van der Waals surface area contributed by atoms with E-state index in [1.165, 1.54) is 11.8 Å². The van der Waals surface area contributed by atoms with E-state index in [2.05, 4.69) is 0 Å². The van der Waals surface area contributed by atoms with Crippen LogP contribution in [0.3, 0.4) is 0 Å². The van der Waals surface area contributed by atoms with Gasteiger partial charge >= 0.3 is 5.97 Å². The number of ketones is 1. The topological polar surface area (TPSA) is 54.4 Å². The highest BCUT2D eigenvalue weighted by Crippen LogP contribution is 2.34. The van der Waals surface area contributed by atoms with E-state index in [1.807, 2.05) is 37.3 Å². The molecule has 0 bridgehead atoms. The first kappa shape index (κ1) is 17.6. The van der Waals surface area contributed by atoms with Crippen LogP contribution in [0.2, 0.25) is 5.02 Å². The van der Waals surface area contributed by atoms with Crippen LogP contribution in [0.4, 0.5) is 0 Å². The maximum Gasteiger partial charge on any atom is 0.313 e. The molecule has 1 atom stereocenters. The van der Waals surface area contributed by atoms with E-state index in [-0.39, 0.29) is 23.2 Å². The van der Waals surface area contributed by atoms with Gasteiger partial charge in [0, 0.05) is 22.3 Å². The van der Waals surface area contributed by atoms with Crippen molar-refractivity contribution in [1.82, 2.24) is 0 Å². The van der Waals surface area contributed by atoms with E-state index in [0.29, 0.717) is 10.6 Å². The van der Waals surface area contributed by atoms with Gasteiger partial charge in [0.05, 0.1) is 5.75 Å². The first-order chi connectivity index (χ1) is 11.0. The Hall–Kier alpha value is -1.78. The van der Waals surface area contributed by atoms with Gasteiger partial charge in [-0.3, -0.25) is 9.59 Å². The Kier molecular flexibility index (Phi) is 6.25. The molecule has 0 radical (unpaired) electrons. The van der Waals surface area contributed by atoms with Crippen molar-refractivity contribution in [2.75, 3.05) is 5.75 Å². The predicted octanol–water partition coefficient (Wildman–Crippen LogP) is 4.78. The molecule has 2 rings (SSSR count). The second-order valence-electron chi connectivity index (χ2n) is 5.24. The van der Waals surface area contributed by atoms with Gasteiger partial charge in [0.15, 0.2) is 5.78 Å². The second kappa shape index (κ2) is 8.18. The smallest absolute Gasteiger partial charge is 0.313 e. The molecule has 2 aromatic rings. The van der Waals surface area contributed by atoms with E-state index in [1.54, 1.807) is 18.2 Å². The lowest BCUT2D eigenvalue weighted by Gasteiger charge is -2.16. The summed E-state index contributed by atoms with van der Waals surface area (Å²) in [5.41, 5.74) is 2.58. The van der Waals surface area contributed by atoms with Crippen molar-refractivity contribution in [2.24, 2.45) is 0 Å². The fraction of sp³-hybridized carbons (Fsp3) is 0.222. The summed E-state index contributed by atoms with van der Waals surface area (Å²) in [5.74, 6) is -0.933. The van der Waals surface area contributed by atoms with Crippen LogP contribution in [0.1, 0.15) is 33.2 Å². The van der Waals surface area contributed by atoms with E-state index in [4.69, 9.17) is 16.7 Å². The van der Waals surface area contributed by atoms with Gasteiger partial charge in [-0.05, 0) is 30.7 Å². The van der Waals surface area contributed by atoms with Crippen molar-refractivity contribution in [1.29, 1.82) is 0 Å². The molecule has 0 saturated heterocycles. The van der Waals surface area contributed by atoms with Gasteiger partial charge in [-0.15, -0.1) is 11.8 Å². The van der Waals surface area contributed by atoms with Crippen molar-refractivity contribution < 1.29 is 14.7 Å². The number of rotatable bonds is 7. The Morgan fingerprint density at radius 2 is 1.87 bits per heavy atom.